The minimum atomic E-state index is -0.550. The topological polar surface area (TPSA) is 87.0 Å². The highest BCUT2D eigenvalue weighted by molar-refractivity contribution is 5.61. The van der Waals surface area contributed by atoms with E-state index in [-0.39, 0.29) is 0 Å². The number of H-pyrrole nitrogens is 2. The van der Waals surface area contributed by atoms with Gasteiger partial charge in [0.2, 0.25) is 0 Å². The van der Waals surface area contributed by atoms with Crippen molar-refractivity contribution < 1.29 is 4.74 Å². The molecular formula is C19H19N3O3. The molecular weight excluding hydrogens is 318 g/mol. The van der Waals surface area contributed by atoms with Crippen LogP contribution in [0.2, 0.25) is 0 Å². The predicted molar refractivity (Wildman–Crippen MR) is 97.7 cm³/mol. The third-order valence-electron chi connectivity index (χ3n) is 3.72. The normalized spacial score (nSPS) is 10.5. The molecule has 0 bridgehead atoms. The van der Waals surface area contributed by atoms with Gasteiger partial charge in [0.15, 0.2) is 0 Å². The summed E-state index contributed by atoms with van der Waals surface area (Å²) in [5, 5.41) is 3.03. The highest BCUT2D eigenvalue weighted by Crippen LogP contribution is 2.24. The van der Waals surface area contributed by atoms with Crippen molar-refractivity contribution in [3.05, 3.63) is 86.1 Å². The molecule has 0 radical (unpaired) electrons. The average Bonchev–Trinajstić information content (AvgIpc) is 2.54. The number of aryl methyl sites for hydroxylation is 2. The maximum absolute atomic E-state index is 11.3. The van der Waals surface area contributed by atoms with Gasteiger partial charge >= 0.3 is 5.69 Å². The molecule has 3 rings (SSSR count). The average molecular weight is 337 g/mol. The van der Waals surface area contributed by atoms with Crippen LogP contribution in [-0.4, -0.2) is 9.97 Å². The molecule has 0 aliphatic heterocycles. The summed E-state index contributed by atoms with van der Waals surface area (Å²) < 4.78 is 5.83. The molecule has 0 amide bonds. The van der Waals surface area contributed by atoms with Crippen molar-refractivity contribution in [3.63, 3.8) is 0 Å². The van der Waals surface area contributed by atoms with E-state index in [2.05, 4.69) is 21.4 Å². The van der Waals surface area contributed by atoms with Crippen molar-refractivity contribution in [1.29, 1.82) is 0 Å². The second-order valence-electron chi connectivity index (χ2n) is 5.88. The van der Waals surface area contributed by atoms with Gasteiger partial charge in [0.25, 0.3) is 5.56 Å². The molecule has 128 valence electrons. The Hall–Kier alpha value is -3.28. The number of benzene rings is 2. The summed E-state index contributed by atoms with van der Waals surface area (Å²) in [5.74, 6) is 1.09. The van der Waals surface area contributed by atoms with Gasteiger partial charge in [-0.2, -0.15) is 0 Å². The summed E-state index contributed by atoms with van der Waals surface area (Å²) in [6, 6.07) is 15.1. The van der Waals surface area contributed by atoms with Crippen molar-refractivity contribution in [2.24, 2.45) is 0 Å². The summed E-state index contributed by atoms with van der Waals surface area (Å²) in [7, 11) is 0. The Morgan fingerprint density at radius 1 is 1.00 bits per heavy atom. The highest BCUT2D eigenvalue weighted by Gasteiger charge is 2.04. The maximum Gasteiger partial charge on any atom is 0.327 e. The van der Waals surface area contributed by atoms with E-state index in [1.54, 1.807) is 0 Å². The number of aromatic amines is 2. The highest BCUT2D eigenvalue weighted by atomic mass is 16.5. The van der Waals surface area contributed by atoms with Gasteiger partial charge in [-0.15, -0.1) is 0 Å². The molecule has 0 aliphatic carbocycles. The number of anilines is 2. The molecule has 2 aromatic carbocycles. The van der Waals surface area contributed by atoms with Crippen LogP contribution in [0.3, 0.4) is 0 Å². The van der Waals surface area contributed by atoms with Gasteiger partial charge in [0.05, 0.1) is 0 Å². The number of hydrogen-bond acceptors (Lipinski definition) is 4. The zero-order chi connectivity index (χ0) is 17.8. The van der Waals surface area contributed by atoms with Crippen molar-refractivity contribution in [1.82, 2.24) is 9.97 Å². The number of rotatable bonds is 5. The fourth-order valence-corrected chi connectivity index (χ4v) is 2.52. The molecule has 0 unspecified atom stereocenters. The van der Waals surface area contributed by atoms with Gasteiger partial charge in [-0.25, -0.2) is 4.79 Å². The zero-order valence-corrected chi connectivity index (χ0v) is 14.1. The lowest BCUT2D eigenvalue weighted by Crippen LogP contribution is -2.22. The van der Waals surface area contributed by atoms with E-state index < -0.39 is 11.2 Å². The van der Waals surface area contributed by atoms with Gasteiger partial charge < -0.3 is 10.1 Å². The number of hydrogen-bond donors (Lipinski definition) is 3. The van der Waals surface area contributed by atoms with Crippen LogP contribution in [0.1, 0.15) is 16.7 Å². The quantitative estimate of drug-likeness (QED) is 0.668. The minimum absolute atomic E-state index is 0.338. The standard InChI is InChI=1S/C19H19N3O3/c1-12-4-3-5-14(8-12)11-25-15-6-7-16(13(2)9-15)20-17-10-18(23)22-19(24)21-17/h3-10H,11H2,1-2H3,(H3,20,21,22,23,24). The van der Waals surface area contributed by atoms with Crippen LogP contribution >= 0.6 is 0 Å². The van der Waals surface area contributed by atoms with E-state index in [1.165, 1.54) is 11.6 Å². The van der Waals surface area contributed by atoms with Crippen molar-refractivity contribution in [2.45, 2.75) is 20.5 Å². The second-order valence-corrected chi connectivity index (χ2v) is 5.88. The molecule has 0 fully saturated rings. The van der Waals surface area contributed by atoms with Crippen LogP contribution in [0, 0.1) is 13.8 Å². The first-order valence-electron chi connectivity index (χ1n) is 7.89. The Kier molecular flexibility index (Phi) is 4.70. The summed E-state index contributed by atoms with van der Waals surface area (Å²) in [4.78, 5) is 27.3. The Balaban J connectivity index is 1.72. The number of aromatic nitrogens is 2. The van der Waals surface area contributed by atoms with Crippen molar-refractivity contribution in [3.8, 4) is 5.75 Å². The lowest BCUT2D eigenvalue weighted by molar-refractivity contribution is 0.306. The van der Waals surface area contributed by atoms with Crippen LogP contribution < -0.4 is 21.3 Å². The smallest absolute Gasteiger partial charge is 0.327 e. The van der Waals surface area contributed by atoms with E-state index in [0.29, 0.717) is 12.4 Å². The molecule has 3 aromatic rings. The SMILES string of the molecule is Cc1cccc(COc2ccc(Nc3cc(=O)[nH]c(=O)[nH]3)c(C)c2)c1. The molecule has 0 saturated carbocycles. The monoisotopic (exact) mass is 337 g/mol. The second kappa shape index (κ2) is 7.09. The van der Waals surface area contributed by atoms with Crippen molar-refractivity contribution >= 4 is 11.5 Å². The Bertz CT molecular complexity index is 977. The lowest BCUT2D eigenvalue weighted by atomic mass is 10.1. The Labute approximate surface area is 144 Å². The molecule has 0 atom stereocenters. The largest absolute Gasteiger partial charge is 0.489 e. The summed E-state index contributed by atoms with van der Waals surface area (Å²) in [5.41, 5.74) is 3.02. The minimum Gasteiger partial charge on any atom is -0.489 e. The van der Waals surface area contributed by atoms with Gasteiger partial charge in [0.1, 0.15) is 18.2 Å². The molecule has 1 aromatic heterocycles. The molecule has 25 heavy (non-hydrogen) atoms. The van der Waals surface area contributed by atoms with E-state index in [0.717, 1.165) is 22.6 Å². The third kappa shape index (κ3) is 4.38. The molecule has 0 saturated heterocycles. The lowest BCUT2D eigenvalue weighted by Gasteiger charge is -2.12. The van der Waals surface area contributed by atoms with Crippen LogP contribution in [0.25, 0.3) is 0 Å². The Morgan fingerprint density at radius 2 is 1.84 bits per heavy atom. The molecule has 0 aliphatic rings. The van der Waals surface area contributed by atoms with E-state index in [4.69, 9.17) is 4.74 Å². The van der Waals surface area contributed by atoms with E-state index in [9.17, 15) is 9.59 Å². The predicted octanol–water partition coefficient (Wildman–Crippen LogP) is 3.00. The van der Waals surface area contributed by atoms with Crippen LogP contribution in [0.5, 0.6) is 5.75 Å². The van der Waals surface area contributed by atoms with Gasteiger partial charge in [-0.05, 0) is 43.2 Å². The summed E-state index contributed by atoms with van der Waals surface area (Å²) in [6.07, 6.45) is 0. The van der Waals surface area contributed by atoms with E-state index >= 15 is 0 Å². The molecule has 3 N–H and O–H groups in total. The summed E-state index contributed by atoms with van der Waals surface area (Å²) in [6.45, 7) is 4.47. The third-order valence-corrected chi connectivity index (χ3v) is 3.72. The maximum atomic E-state index is 11.3. The molecule has 1 heterocycles. The molecule has 6 nitrogen and oxygen atoms in total. The number of ether oxygens (including phenoxy) is 1. The first kappa shape index (κ1) is 16.6. The van der Waals surface area contributed by atoms with Crippen LogP contribution in [0.15, 0.2) is 58.1 Å². The first-order valence-corrected chi connectivity index (χ1v) is 7.89. The first-order chi connectivity index (χ1) is 12.0. The zero-order valence-electron chi connectivity index (χ0n) is 14.1. The van der Waals surface area contributed by atoms with Crippen LogP contribution in [0.4, 0.5) is 11.5 Å². The van der Waals surface area contributed by atoms with Crippen LogP contribution in [-0.2, 0) is 6.61 Å². The Morgan fingerprint density at radius 3 is 2.56 bits per heavy atom. The van der Waals surface area contributed by atoms with Gasteiger partial charge in [-0.3, -0.25) is 14.8 Å². The fraction of sp³-hybridized carbons (Fsp3) is 0.158. The molecule has 0 spiro atoms. The van der Waals surface area contributed by atoms with Crippen molar-refractivity contribution in [2.75, 3.05) is 5.32 Å². The van der Waals surface area contributed by atoms with E-state index in [1.807, 2.05) is 50.2 Å². The molecule has 6 heteroatoms. The van der Waals surface area contributed by atoms with Gasteiger partial charge in [-0.1, -0.05) is 29.8 Å². The fourth-order valence-electron chi connectivity index (χ4n) is 2.52. The van der Waals surface area contributed by atoms with Gasteiger partial charge in [0, 0.05) is 11.8 Å². The number of nitrogens with one attached hydrogen (secondary N) is 3. The summed E-state index contributed by atoms with van der Waals surface area (Å²) >= 11 is 0.